The second-order valence-electron chi connectivity index (χ2n) is 9.60. The van der Waals surface area contributed by atoms with Gasteiger partial charge in [0.05, 0.1) is 30.1 Å². The molecule has 2 amide bonds. The van der Waals surface area contributed by atoms with E-state index in [1.807, 2.05) is 6.92 Å². The van der Waals surface area contributed by atoms with E-state index in [1.54, 1.807) is 6.07 Å². The predicted octanol–water partition coefficient (Wildman–Crippen LogP) is 2.96. The maximum Gasteiger partial charge on any atom is 0.422 e. The number of alkyl halides is 3. The van der Waals surface area contributed by atoms with Gasteiger partial charge in [-0.1, -0.05) is 19.8 Å². The van der Waals surface area contributed by atoms with Gasteiger partial charge in [0.25, 0.3) is 5.91 Å². The summed E-state index contributed by atoms with van der Waals surface area (Å²) < 4.78 is 73.0. The summed E-state index contributed by atoms with van der Waals surface area (Å²) in [7, 11) is -3.59. The molecule has 2 aromatic rings. The van der Waals surface area contributed by atoms with Gasteiger partial charge in [0.1, 0.15) is 22.9 Å². The number of halogens is 3. The first-order chi connectivity index (χ1) is 17.8. The molecule has 208 valence electrons. The Hall–Kier alpha value is -3.29. The van der Waals surface area contributed by atoms with Gasteiger partial charge in [-0.15, -0.1) is 0 Å². The van der Waals surface area contributed by atoms with Gasteiger partial charge >= 0.3 is 6.18 Å². The number of benzene rings is 1. The first kappa shape index (κ1) is 27.7. The van der Waals surface area contributed by atoms with Gasteiger partial charge in [0.2, 0.25) is 5.91 Å². The topological polar surface area (TPSA) is 129 Å². The van der Waals surface area contributed by atoms with Crippen molar-refractivity contribution in [2.45, 2.75) is 57.3 Å². The molecular weight excluding hydrogens is 529 g/mol. The van der Waals surface area contributed by atoms with Crippen LogP contribution in [-0.4, -0.2) is 61.4 Å². The lowest BCUT2D eigenvalue weighted by atomic mass is 9.83. The number of carbonyl (C=O) groups is 2. The minimum atomic E-state index is -4.49. The highest BCUT2D eigenvalue weighted by Gasteiger charge is 2.46. The van der Waals surface area contributed by atoms with E-state index >= 15 is 0 Å². The first-order valence-corrected chi connectivity index (χ1v) is 14.2. The SMILES string of the molecule is CCCCCc1nn2c(c1NC(=O)CS(C)(=O)=O)C(=O)N[C@@]1(CCOc3cc(OCC(F)(F)F)ccc31)C2. The van der Waals surface area contributed by atoms with Crippen LogP contribution in [-0.2, 0) is 33.1 Å². The third-order valence-corrected chi connectivity index (χ3v) is 7.13. The molecule has 1 aromatic carbocycles. The predicted molar refractivity (Wildman–Crippen MR) is 131 cm³/mol. The van der Waals surface area contributed by atoms with E-state index in [0.717, 1.165) is 25.5 Å². The van der Waals surface area contributed by atoms with Crippen molar-refractivity contribution in [3.8, 4) is 11.5 Å². The van der Waals surface area contributed by atoms with Gasteiger partial charge in [0.15, 0.2) is 16.4 Å². The summed E-state index contributed by atoms with van der Waals surface area (Å²) in [5.41, 5.74) is 0.381. The number of anilines is 1. The van der Waals surface area contributed by atoms with Crippen LogP contribution in [0.3, 0.4) is 0 Å². The van der Waals surface area contributed by atoms with Crippen molar-refractivity contribution < 1.29 is 40.7 Å². The average Bonchev–Trinajstić information content (AvgIpc) is 3.13. The number of unbranched alkanes of at least 4 members (excludes halogenated alkanes) is 2. The summed E-state index contributed by atoms with van der Waals surface area (Å²) in [4.78, 5) is 25.9. The second kappa shape index (κ2) is 10.5. The van der Waals surface area contributed by atoms with Gasteiger partial charge in [-0.2, -0.15) is 18.3 Å². The minimum absolute atomic E-state index is 0.0193. The van der Waals surface area contributed by atoms with Crippen LogP contribution >= 0.6 is 0 Å². The van der Waals surface area contributed by atoms with Gasteiger partial charge in [-0.3, -0.25) is 14.3 Å². The molecule has 0 saturated carbocycles. The number of carbonyl (C=O) groups excluding carboxylic acids is 2. The summed E-state index contributed by atoms with van der Waals surface area (Å²) in [6.07, 6.45) is -0.101. The summed E-state index contributed by atoms with van der Waals surface area (Å²) >= 11 is 0. The number of fused-ring (bicyclic) bond motifs is 3. The number of rotatable bonds is 9. The largest absolute Gasteiger partial charge is 0.493 e. The highest BCUT2D eigenvalue weighted by molar-refractivity contribution is 7.91. The number of hydrogen-bond donors (Lipinski definition) is 2. The lowest BCUT2D eigenvalue weighted by Crippen LogP contribution is -2.55. The van der Waals surface area contributed by atoms with Crippen molar-refractivity contribution in [2.75, 3.05) is 30.5 Å². The number of nitrogens with one attached hydrogen (secondary N) is 2. The van der Waals surface area contributed by atoms with Crippen molar-refractivity contribution in [3.63, 3.8) is 0 Å². The Morgan fingerprint density at radius 2 is 2.08 bits per heavy atom. The van der Waals surface area contributed by atoms with Crippen LogP contribution in [0.25, 0.3) is 0 Å². The Morgan fingerprint density at radius 1 is 1.32 bits per heavy atom. The normalized spacial score (nSPS) is 18.8. The molecule has 2 aliphatic rings. The van der Waals surface area contributed by atoms with Gasteiger partial charge in [0, 0.05) is 24.3 Å². The van der Waals surface area contributed by atoms with E-state index in [4.69, 9.17) is 9.47 Å². The van der Waals surface area contributed by atoms with Gasteiger partial charge in [-0.05, 0) is 25.0 Å². The van der Waals surface area contributed by atoms with E-state index in [1.165, 1.54) is 16.8 Å². The van der Waals surface area contributed by atoms with Crippen molar-refractivity contribution in [3.05, 3.63) is 35.2 Å². The van der Waals surface area contributed by atoms with E-state index in [0.29, 0.717) is 24.1 Å². The molecule has 14 heteroatoms. The van der Waals surface area contributed by atoms with Crippen molar-refractivity contribution >= 4 is 27.3 Å². The first-order valence-electron chi connectivity index (χ1n) is 12.2. The second-order valence-corrected chi connectivity index (χ2v) is 11.7. The molecule has 0 fully saturated rings. The van der Waals surface area contributed by atoms with Crippen LogP contribution in [0.5, 0.6) is 11.5 Å². The fourth-order valence-corrected chi connectivity index (χ4v) is 5.28. The number of nitrogens with zero attached hydrogens (tertiary/aromatic N) is 2. The van der Waals surface area contributed by atoms with E-state index in [9.17, 15) is 31.2 Å². The number of amides is 2. The van der Waals surface area contributed by atoms with Gasteiger partial charge in [-0.25, -0.2) is 8.42 Å². The summed E-state index contributed by atoms with van der Waals surface area (Å²) in [6, 6.07) is 4.31. The van der Waals surface area contributed by atoms with Crippen molar-refractivity contribution in [2.24, 2.45) is 0 Å². The Balaban J connectivity index is 1.67. The average molecular weight is 559 g/mol. The van der Waals surface area contributed by atoms with E-state index < -0.39 is 45.7 Å². The molecule has 0 radical (unpaired) electrons. The van der Waals surface area contributed by atoms with Crippen LogP contribution in [0.4, 0.5) is 18.9 Å². The number of aryl methyl sites for hydroxylation is 1. The van der Waals surface area contributed by atoms with Crippen LogP contribution in [0.1, 0.15) is 54.4 Å². The smallest absolute Gasteiger partial charge is 0.422 e. The molecule has 3 heterocycles. The van der Waals surface area contributed by atoms with Crippen LogP contribution in [0.15, 0.2) is 18.2 Å². The van der Waals surface area contributed by atoms with Crippen LogP contribution in [0.2, 0.25) is 0 Å². The van der Waals surface area contributed by atoms with Crippen LogP contribution in [0, 0.1) is 0 Å². The van der Waals surface area contributed by atoms with Crippen molar-refractivity contribution in [1.29, 1.82) is 0 Å². The highest BCUT2D eigenvalue weighted by Crippen LogP contribution is 2.43. The highest BCUT2D eigenvalue weighted by atomic mass is 32.2. The zero-order valence-electron chi connectivity index (χ0n) is 21.0. The number of hydrogen-bond acceptors (Lipinski definition) is 7. The molecule has 0 saturated heterocycles. The molecule has 38 heavy (non-hydrogen) atoms. The fourth-order valence-electron chi connectivity index (χ4n) is 4.73. The molecular formula is C24H29F3N4O6S. The summed E-state index contributed by atoms with van der Waals surface area (Å²) in [6.45, 7) is 0.954. The van der Waals surface area contributed by atoms with E-state index in [-0.39, 0.29) is 36.0 Å². The monoisotopic (exact) mass is 558 g/mol. The van der Waals surface area contributed by atoms with Crippen LogP contribution < -0.4 is 20.1 Å². The Bertz CT molecular complexity index is 1340. The van der Waals surface area contributed by atoms with Gasteiger partial charge < -0.3 is 20.1 Å². The maximum absolute atomic E-state index is 13.4. The molecule has 10 nitrogen and oxygen atoms in total. The molecule has 1 aromatic heterocycles. The van der Waals surface area contributed by atoms with Crippen molar-refractivity contribution in [1.82, 2.24) is 15.1 Å². The Kier molecular flexibility index (Phi) is 7.64. The molecule has 1 spiro atoms. The number of aromatic nitrogens is 2. The molecule has 2 aliphatic heterocycles. The lowest BCUT2D eigenvalue weighted by Gasteiger charge is -2.42. The number of ether oxygens (including phenoxy) is 2. The number of sulfone groups is 1. The maximum atomic E-state index is 13.4. The molecule has 0 aliphatic carbocycles. The lowest BCUT2D eigenvalue weighted by molar-refractivity contribution is -0.153. The zero-order valence-corrected chi connectivity index (χ0v) is 21.8. The third kappa shape index (κ3) is 6.22. The van der Waals surface area contributed by atoms with E-state index in [2.05, 4.69) is 15.7 Å². The minimum Gasteiger partial charge on any atom is -0.493 e. The Morgan fingerprint density at radius 3 is 2.76 bits per heavy atom. The standard InChI is InChI=1S/C24H29F3N4O6S/c1-3-4-5-6-17-20(28-19(32)12-38(2,34)35)21-22(33)29-23(13-31(21)30-17)9-10-36-18-11-15(7-8-16(18)23)37-14-24(25,26)27/h7-8,11H,3-6,9-10,12-14H2,1-2H3,(H,28,32)(H,29,33)/t23-/m0/s1. The molecule has 0 unspecified atom stereocenters. The molecule has 1 atom stereocenters. The third-order valence-electron chi connectivity index (χ3n) is 6.34. The molecule has 4 rings (SSSR count). The fraction of sp³-hybridized carbons (Fsp3) is 0.542. The quantitative estimate of drug-likeness (QED) is 0.453. The Labute approximate surface area is 217 Å². The molecule has 0 bridgehead atoms. The zero-order chi connectivity index (χ0) is 27.7. The summed E-state index contributed by atoms with van der Waals surface area (Å²) in [5, 5.41) is 10.2. The molecule has 2 N–H and O–H groups in total. The summed E-state index contributed by atoms with van der Waals surface area (Å²) in [5.74, 6) is -1.76.